The highest BCUT2D eigenvalue weighted by Gasteiger charge is 2.20. The van der Waals surface area contributed by atoms with Crippen LogP contribution in [0.15, 0.2) is 46.6 Å². The van der Waals surface area contributed by atoms with Crippen molar-refractivity contribution in [1.29, 1.82) is 0 Å². The molecule has 112 valence electrons. The Kier molecular flexibility index (Phi) is 3.77. The monoisotopic (exact) mass is 313 g/mol. The molecule has 0 atom stereocenters. The van der Waals surface area contributed by atoms with Gasteiger partial charge in [0.2, 0.25) is 5.43 Å². The SMILES string of the molecule is CN(Cc1cccs1)C(=O)c1nn(C)c2ccccc2c1=O. The molecule has 0 bridgehead atoms. The average molecular weight is 313 g/mol. The van der Waals surface area contributed by atoms with Crippen molar-refractivity contribution in [2.75, 3.05) is 7.05 Å². The molecule has 0 N–H and O–H groups in total. The zero-order valence-electron chi connectivity index (χ0n) is 12.3. The Morgan fingerprint density at radius 1 is 1.27 bits per heavy atom. The predicted molar refractivity (Wildman–Crippen MR) is 87.1 cm³/mol. The highest BCUT2D eigenvalue weighted by Crippen LogP contribution is 2.13. The van der Waals surface area contributed by atoms with Crippen LogP contribution in [0.4, 0.5) is 0 Å². The Morgan fingerprint density at radius 2 is 2.05 bits per heavy atom. The Hall–Kier alpha value is -2.47. The van der Waals surface area contributed by atoms with Crippen LogP contribution in [0.25, 0.3) is 10.9 Å². The van der Waals surface area contributed by atoms with Gasteiger partial charge in [-0.2, -0.15) is 5.10 Å². The molecule has 3 aromatic rings. The Morgan fingerprint density at radius 3 is 2.77 bits per heavy atom. The van der Waals surface area contributed by atoms with Crippen LogP contribution in [-0.4, -0.2) is 27.6 Å². The number of nitrogens with zero attached hydrogens (tertiary/aromatic N) is 3. The minimum Gasteiger partial charge on any atom is -0.335 e. The number of aryl methyl sites for hydroxylation is 1. The summed E-state index contributed by atoms with van der Waals surface area (Å²) < 4.78 is 1.57. The summed E-state index contributed by atoms with van der Waals surface area (Å²) in [5, 5.41) is 6.63. The van der Waals surface area contributed by atoms with E-state index in [-0.39, 0.29) is 17.0 Å². The van der Waals surface area contributed by atoms with Crippen molar-refractivity contribution < 1.29 is 4.79 Å². The van der Waals surface area contributed by atoms with Crippen LogP contribution in [0.3, 0.4) is 0 Å². The summed E-state index contributed by atoms with van der Waals surface area (Å²) in [5.41, 5.74) is 0.349. The number of thiophene rings is 1. The molecular weight excluding hydrogens is 298 g/mol. The lowest BCUT2D eigenvalue weighted by atomic mass is 10.2. The van der Waals surface area contributed by atoms with Crippen LogP contribution in [0.2, 0.25) is 0 Å². The lowest BCUT2D eigenvalue weighted by molar-refractivity contribution is 0.0777. The molecule has 2 aromatic heterocycles. The summed E-state index contributed by atoms with van der Waals surface area (Å²) >= 11 is 1.58. The van der Waals surface area contributed by atoms with Crippen LogP contribution < -0.4 is 5.43 Å². The molecule has 0 saturated carbocycles. The topological polar surface area (TPSA) is 55.2 Å². The molecule has 5 nitrogen and oxygen atoms in total. The van der Waals surface area contributed by atoms with Gasteiger partial charge in [0.15, 0.2) is 5.69 Å². The van der Waals surface area contributed by atoms with Gasteiger partial charge >= 0.3 is 0 Å². The van der Waals surface area contributed by atoms with Gasteiger partial charge in [0.25, 0.3) is 5.91 Å². The molecule has 6 heteroatoms. The molecule has 0 aliphatic carbocycles. The lowest BCUT2D eigenvalue weighted by Crippen LogP contribution is -2.33. The van der Waals surface area contributed by atoms with Crippen molar-refractivity contribution in [1.82, 2.24) is 14.7 Å². The van der Waals surface area contributed by atoms with Crippen LogP contribution in [0.5, 0.6) is 0 Å². The van der Waals surface area contributed by atoms with Crippen LogP contribution in [-0.2, 0) is 13.6 Å². The summed E-state index contributed by atoms with van der Waals surface area (Å²) in [6.07, 6.45) is 0. The molecule has 0 fully saturated rings. The summed E-state index contributed by atoms with van der Waals surface area (Å²) in [7, 11) is 3.41. The zero-order chi connectivity index (χ0) is 15.7. The van der Waals surface area contributed by atoms with Gasteiger partial charge in [0.1, 0.15) is 0 Å². The number of benzene rings is 1. The van der Waals surface area contributed by atoms with Crippen LogP contribution in [0.1, 0.15) is 15.4 Å². The van der Waals surface area contributed by atoms with E-state index in [9.17, 15) is 9.59 Å². The molecule has 3 rings (SSSR count). The number of hydrogen-bond acceptors (Lipinski definition) is 4. The summed E-state index contributed by atoms with van der Waals surface area (Å²) in [6.45, 7) is 0.466. The fourth-order valence-corrected chi connectivity index (χ4v) is 3.11. The van der Waals surface area contributed by atoms with Crippen molar-refractivity contribution in [3.05, 3.63) is 62.6 Å². The maximum atomic E-state index is 12.5. The third-order valence-corrected chi connectivity index (χ3v) is 4.35. The van der Waals surface area contributed by atoms with E-state index < -0.39 is 0 Å². The van der Waals surface area contributed by atoms with E-state index in [1.54, 1.807) is 42.2 Å². The second kappa shape index (κ2) is 5.73. The predicted octanol–water partition coefficient (Wildman–Crippen LogP) is 2.27. The number of hydrogen-bond donors (Lipinski definition) is 0. The van der Waals surface area contributed by atoms with Gasteiger partial charge in [-0.15, -0.1) is 11.3 Å². The summed E-state index contributed by atoms with van der Waals surface area (Å²) in [4.78, 5) is 27.6. The molecule has 0 radical (unpaired) electrons. The van der Waals surface area contributed by atoms with Crippen molar-refractivity contribution in [3.8, 4) is 0 Å². The Labute approximate surface area is 131 Å². The quantitative estimate of drug-likeness (QED) is 0.745. The number of rotatable bonds is 3. The number of aromatic nitrogens is 2. The van der Waals surface area contributed by atoms with E-state index in [2.05, 4.69) is 5.10 Å². The first-order valence-corrected chi connectivity index (χ1v) is 7.70. The highest BCUT2D eigenvalue weighted by atomic mass is 32.1. The van der Waals surface area contributed by atoms with E-state index >= 15 is 0 Å². The van der Waals surface area contributed by atoms with Gasteiger partial charge in [0.05, 0.1) is 12.1 Å². The normalized spacial score (nSPS) is 10.8. The summed E-state index contributed by atoms with van der Waals surface area (Å²) in [5.74, 6) is -0.361. The van der Waals surface area contributed by atoms with Crippen molar-refractivity contribution >= 4 is 28.1 Å². The van der Waals surface area contributed by atoms with Crippen LogP contribution >= 0.6 is 11.3 Å². The Bertz CT molecular complexity index is 884. The number of carbonyl (C=O) groups excluding carboxylic acids is 1. The molecule has 2 heterocycles. The maximum Gasteiger partial charge on any atom is 0.278 e. The minimum atomic E-state index is -0.361. The first-order chi connectivity index (χ1) is 10.6. The van der Waals surface area contributed by atoms with Gasteiger partial charge in [-0.3, -0.25) is 14.3 Å². The molecule has 1 aromatic carbocycles. The fourth-order valence-electron chi connectivity index (χ4n) is 2.35. The minimum absolute atomic E-state index is 0.0414. The molecule has 0 unspecified atom stereocenters. The number of para-hydroxylation sites is 1. The molecule has 0 aliphatic heterocycles. The van der Waals surface area contributed by atoms with Crippen molar-refractivity contribution in [2.45, 2.75) is 6.54 Å². The molecule has 0 spiro atoms. The molecular formula is C16H15N3O2S. The van der Waals surface area contributed by atoms with Crippen LogP contribution in [0, 0.1) is 0 Å². The third-order valence-electron chi connectivity index (χ3n) is 3.48. The van der Waals surface area contributed by atoms with Crippen molar-refractivity contribution in [3.63, 3.8) is 0 Å². The average Bonchev–Trinajstić information content (AvgIpc) is 3.03. The molecule has 0 aliphatic rings. The maximum absolute atomic E-state index is 12.5. The van der Waals surface area contributed by atoms with E-state index in [0.29, 0.717) is 17.4 Å². The fraction of sp³-hybridized carbons (Fsp3) is 0.188. The van der Waals surface area contributed by atoms with E-state index in [0.717, 1.165) is 4.88 Å². The van der Waals surface area contributed by atoms with Gasteiger partial charge in [-0.05, 0) is 23.6 Å². The zero-order valence-corrected chi connectivity index (χ0v) is 13.1. The summed E-state index contributed by atoms with van der Waals surface area (Å²) in [6, 6.07) is 11.1. The third kappa shape index (κ3) is 2.53. The van der Waals surface area contributed by atoms with E-state index in [4.69, 9.17) is 0 Å². The number of amides is 1. The second-order valence-corrected chi connectivity index (χ2v) is 6.09. The number of fused-ring (bicyclic) bond motifs is 1. The van der Waals surface area contributed by atoms with Gasteiger partial charge < -0.3 is 4.90 Å². The van der Waals surface area contributed by atoms with Gasteiger partial charge in [-0.1, -0.05) is 18.2 Å². The van der Waals surface area contributed by atoms with Gasteiger partial charge in [-0.25, -0.2) is 0 Å². The molecule has 1 amide bonds. The second-order valence-electron chi connectivity index (χ2n) is 5.06. The van der Waals surface area contributed by atoms with E-state index in [1.165, 1.54) is 4.90 Å². The van der Waals surface area contributed by atoms with Gasteiger partial charge in [0, 0.05) is 24.4 Å². The molecule has 22 heavy (non-hydrogen) atoms. The van der Waals surface area contributed by atoms with E-state index in [1.807, 2.05) is 29.6 Å². The first-order valence-electron chi connectivity index (χ1n) is 6.82. The van der Waals surface area contributed by atoms with Crippen molar-refractivity contribution in [2.24, 2.45) is 7.05 Å². The first kappa shape index (κ1) is 14.5. The number of carbonyl (C=O) groups is 1. The lowest BCUT2D eigenvalue weighted by Gasteiger charge is -2.16. The standard InChI is InChI=1S/C16H15N3O2S/c1-18(10-11-6-5-9-22-11)16(21)14-15(20)12-7-3-4-8-13(12)19(2)17-14/h3-9H,10H2,1-2H3. The largest absolute Gasteiger partial charge is 0.335 e. The highest BCUT2D eigenvalue weighted by molar-refractivity contribution is 7.09. The Balaban J connectivity index is 2.01. The molecule has 0 saturated heterocycles. The smallest absolute Gasteiger partial charge is 0.278 e.